The number of nitrogens with one attached hydrogen (secondary N) is 1. The van der Waals surface area contributed by atoms with Crippen LogP contribution < -0.4 is 15.6 Å². The van der Waals surface area contributed by atoms with Gasteiger partial charge in [-0.2, -0.15) is 0 Å². The molecule has 0 radical (unpaired) electrons. The van der Waals surface area contributed by atoms with E-state index in [0.717, 1.165) is 4.57 Å². The maximum atomic E-state index is 12.6. The number of carbonyl (C=O) groups is 2. The number of rotatable bonds is 7. The first-order chi connectivity index (χ1) is 16.3. The molecule has 0 saturated heterocycles. The van der Waals surface area contributed by atoms with Crippen molar-refractivity contribution in [2.75, 3.05) is 5.32 Å². The monoisotopic (exact) mass is 481 g/mol. The third-order valence-corrected chi connectivity index (χ3v) is 5.09. The number of para-hydroxylation sites is 1. The summed E-state index contributed by atoms with van der Waals surface area (Å²) in [6.45, 7) is 3.07. The first kappa shape index (κ1) is 23.1. The zero-order valence-electron chi connectivity index (χ0n) is 18.3. The predicted octanol–water partition coefficient (Wildman–Crippen LogP) is 4.01. The van der Waals surface area contributed by atoms with Gasteiger partial charge >= 0.3 is 5.97 Å². The summed E-state index contributed by atoms with van der Waals surface area (Å²) < 4.78 is 17.2. The van der Waals surface area contributed by atoms with Crippen LogP contribution in [0.4, 0.5) is 5.69 Å². The lowest BCUT2D eigenvalue weighted by Crippen LogP contribution is -2.30. The first-order valence-electron chi connectivity index (χ1n) is 10.3. The molecule has 0 aliphatic rings. The molecule has 34 heavy (non-hydrogen) atoms. The molecule has 0 unspecified atom stereocenters. The number of amides is 1. The van der Waals surface area contributed by atoms with Crippen LogP contribution in [0.25, 0.3) is 5.65 Å². The topological polar surface area (TPSA) is 112 Å². The number of fused-ring (bicyclic) bond motifs is 1. The van der Waals surface area contributed by atoms with Gasteiger partial charge < -0.3 is 19.3 Å². The van der Waals surface area contributed by atoms with Crippen molar-refractivity contribution >= 4 is 34.8 Å². The molecule has 0 fully saturated rings. The highest BCUT2D eigenvalue weighted by Gasteiger charge is 2.18. The molecule has 2 heterocycles. The van der Waals surface area contributed by atoms with Gasteiger partial charge in [-0.25, -0.2) is 9.78 Å². The first-order valence-corrected chi connectivity index (χ1v) is 10.7. The quantitative estimate of drug-likeness (QED) is 0.397. The second-order valence-electron chi connectivity index (χ2n) is 7.42. The molecule has 4 rings (SSSR count). The zero-order chi connectivity index (χ0) is 24.2. The second kappa shape index (κ2) is 9.80. The fourth-order valence-electron chi connectivity index (χ4n) is 3.11. The minimum Gasteiger partial charge on any atom is -0.481 e. The molecule has 2 aromatic carbocycles. The van der Waals surface area contributed by atoms with Crippen molar-refractivity contribution in [2.24, 2.45) is 0 Å². The lowest BCUT2D eigenvalue weighted by atomic mass is 10.2. The zero-order valence-corrected chi connectivity index (χ0v) is 19.0. The summed E-state index contributed by atoms with van der Waals surface area (Å²) in [5, 5.41) is 2.90. The van der Waals surface area contributed by atoms with E-state index in [1.165, 1.54) is 24.3 Å². The lowest BCUT2D eigenvalue weighted by molar-refractivity contribution is -0.122. The van der Waals surface area contributed by atoms with E-state index in [9.17, 15) is 14.4 Å². The third kappa shape index (κ3) is 5.26. The van der Waals surface area contributed by atoms with Gasteiger partial charge in [0.15, 0.2) is 11.8 Å². The molecule has 0 saturated carbocycles. The molecular formula is C24H20ClN3O6. The largest absolute Gasteiger partial charge is 0.481 e. The van der Waals surface area contributed by atoms with E-state index in [0.29, 0.717) is 17.2 Å². The van der Waals surface area contributed by atoms with E-state index in [4.69, 9.17) is 25.6 Å². The Bertz CT molecular complexity index is 1410. The van der Waals surface area contributed by atoms with Crippen LogP contribution in [0.2, 0.25) is 5.02 Å². The Morgan fingerprint density at radius 2 is 1.91 bits per heavy atom. The van der Waals surface area contributed by atoms with Crippen molar-refractivity contribution in [1.29, 1.82) is 0 Å². The van der Waals surface area contributed by atoms with Gasteiger partial charge in [-0.1, -0.05) is 29.8 Å². The number of anilines is 1. The van der Waals surface area contributed by atoms with Crippen molar-refractivity contribution in [1.82, 2.24) is 9.56 Å². The Hall–Kier alpha value is -4.11. The third-order valence-electron chi connectivity index (χ3n) is 4.76. The standard InChI is InChI=1S/C24H20ClN3O6/c1-14-10-21-26-17(12-22(29)28(21)34-14)13-32-24(31)16-8-9-19(25)20(11-16)27-23(30)15(2)33-18-6-4-3-5-7-18/h3-12,15H,13H2,1-2H3,(H,27,30)/t15-/m1/s1. The Balaban J connectivity index is 1.42. The van der Waals surface area contributed by atoms with Crippen molar-refractivity contribution in [3.63, 3.8) is 0 Å². The number of aryl methyl sites for hydroxylation is 1. The highest BCUT2D eigenvalue weighted by atomic mass is 35.5. The Morgan fingerprint density at radius 1 is 1.15 bits per heavy atom. The number of halogens is 1. The highest BCUT2D eigenvalue weighted by Crippen LogP contribution is 2.24. The molecule has 2 aromatic heterocycles. The summed E-state index contributed by atoms with van der Waals surface area (Å²) >= 11 is 6.19. The minimum atomic E-state index is -0.805. The molecule has 1 N–H and O–H groups in total. The number of carbonyl (C=O) groups excluding carboxylic acids is 2. The average Bonchev–Trinajstić information content (AvgIpc) is 3.20. The number of ether oxygens (including phenoxy) is 2. The lowest BCUT2D eigenvalue weighted by Gasteiger charge is -2.15. The number of benzene rings is 2. The number of hydrogen-bond donors (Lipinski definition) is 1. The maximum absolute atomic E-state index is 12.6. The molecule has 10 heteroatoms. The summed E-state index contributed by atoms with van der Waals surface area (Å²) in [6.07, 6.45) is -0.805. The van der Waals surface area contributed by atoms with Gasteiger partial charge in [-0.15, -0.1) is 4.57 Å². The van der Waals surface area contributed by atoms with E-state index in [-0.39, 0.29) is 28.6 Å². The van der Waals surface area contributed by atoms with Gasteiger partial charge in [-0.3, -0.25) is 9.59 Å². The molecule has 9 nitrogen and oxygen atoms in total. The maximum Gasteiger partial charge on any atom is 0.338 e. The van der Waals surface area contributed by atoms with Crippen LogP contribution in [-0.4, -0.2) is 27.5 Å². The van der Waals surface area contributed by atoms with Gasteiger partial charge in [0.2, 0.25) is 0 Å². The van der Waals surface area contributed by atoms with Crippen LogP contribution in [0.3, 0.4) is 0 Å². The van der Waals surface area contributed by atoms with Crippen LogP contribution in [0.5, 0.6) is 5.75 Å². The Kier molecular flexibility index (Phi) is 6.65. The van der Waals surface area contributed by atoms with Crippen LogP contribution >= 0.6 is 11.6 Å². The number of nitrogens with zero attached hydrogens (tertiary/aromatic N) is 2. The number of hydrogen-bond acceptors (Lipinski definition) is 7. The van der Waals surface area contributed by atoms with Gasteiger partial charge in [0, 0.05) is 12.1 Å². The molecule has 0 bridgehead atoms. The summed E-state index contributed by atoms with van der Waals surface area (Å²) in [6, 6.07) is 16.1. The summed E-state index contributed by atoms with van der Waals surface area (Å²) in [5.74, 6) is -0.0423. The molecule has 0 aliphatic carbocycles. The molecule has 4 aromatic rings. The molecular weight excluding hydrogens is 462 g/mol. The smallest absolute Gasteiger partial charge is 0.338 e. The van der Waals surface area contributed by atoms with E-state index >= 15 is 0 Å². The minimum absolute atomic E-state index is 0.160. The molecule has 0 spiro atoms. The average molecular weight is 482 g/mol. The summed E-state index contributed by atoms with van der Waals surface area (Å²) in [5.41, 5.74) is 0.560. The van der Waals surface area contributed by atoms with Gasteiger partial charge in [0.25, 0.3) is 11.5 Å². The van der Waals surface area contributed by atoms with E-state index in [1.54, 1.807) is 44.2 Å². The van der Waals surface area contributed by atoms with Crippen molar-refractivity contribution < 1.29 is 23.6 Å². The molecule has 1 atom stereocenters. The predicted molar refractivity (Wildman–Crippen MR) is 124 cm³/mol. The van der Waals surface area contributed by atoms with Crippen LogP contribution in [0.15, 0.2) is 70.0 Å². The SMILES string of the molecule is Cc1cc2nc(COC(=O)c3ccc(Cl)c(NC(=O)[C@@H](C)Oc4ccccc4)c3)cc(=O)n2o1. The van der Waals surface area contributed by atoms with Crippen molar-refractivity contribution in [2.45, 2.75) is 26.6 Å². The van der Waals surface area contributed by atoms with E-state index in [1.807, 2.05) is 6.07 Å². The van der Waals surface area contributed by atoms with Gasteiger partial charge in [0.05, 0.1) is 22.0 Å². The van der Waals surface area contributed by atoms with Crippen LogP contribution in [-0.2, 0) is 16.1 Å². The second-order valence-corrected chi connectivity index (χ2v) is 7.82. The fraction of sp³-hybridized carbons (Fsp3) is 0.167. The van der Waals surface area contributed by atoms with Crippen LogP contribution in [0, 0.1) is 6.92 Å². The fourth-order valence-corrected chi connectivity index (χ4v) is 3.27. The van der Waals surface area contributed by atoms with Crippen LogP contribution in [0.1, 0.15) is 28.7 Å². The summed E-state index contributed by atoms with van der Waals surface area (Å²) in [4.78, 5) is 41.5. The molecule has 174 valence electrons. The van der Waals surface area contributed by atoms with Crippen molar-refractivity contribution in [3.8, 4) is 5.75 Å². The van der Waals surface area contributed by atoms with E-state index in [2.05, 4.69) is 10.3 Å². The Labute approximate surface area is 198 Å². The molecule has 0 aliphatic heterocycles. The van der Waals surface area contributed by atoms with Crippen molar-refractivity contribution in [3.05, 3.63) is 93.1 Å². The number of aromatic nitrogens is 2. The van der Waals surface area contributed by atoms with Gasteiger partial charge in [-0.05, 0) is 44.2 Å². The normalized spacial score (nSPS) is 11.7. The Morgan fingerprint density at radius 3 is 2.68 bits per heavy atom. The highest BCUT2D eigenvalue weighted by molar-refractivity contribution is 6.33. The summed E-state index contributed by atoms with van der Waals surface area (Å²) in [7, 11) is 0. The van der Waals surface area contributed by atoms with Gasteiger partial charge in [0.1, 0.15) is 18.1 Å². The number of esters is 1. The van der Waals surface area contributed by atoms with E-state index < -0.39 is 23.5 Å². The molecule has 1 amide bonds.